The second-order valence-corrected chi connectivity index (χ2v) is 8.54. The number of methoxy groups -OCH3 is 1. The quantitative estimate of drug-likeness (QED) is 0.665. The van der Waals surface area contributed by atoms with E-state index >= 15 is 0 Å². The maximum absolute atomic E-state index is 13.0. The Labute approximate surface area is 166 Å². The number of amides is 1. The molecule has 1 atom stereocenters. The van der Waals surface area contributed by atoms with E-state index in [1.165, 1.54) is 11.8 Å². The van der Waals surface area contributed by atoms with Crippen LogP contribution in [0.1, 0.15) is 11.6 Å². The van der Waals surface area contributed by atoms with E-state index in [-0.39, 0.29) is 11.9 Å². The highest BCUT2D eigenvalue weighted by Crippen LogP contribution is 2.32. The fraction of sp³-hybridized carbons (Fsp3) is 0.300. The molecule has 3 aromatic rings. The summed E-state index contributed by atoms with van der Waals surface area (Å²) in [6.45, 7) is 2.24. The molecule has 0 aliphatic carbocycles. The lowest BCUT2D eigenvalue weighted by atomic mass is 10.0. The number of fused-ring (bicyclic) bond motifs is 1. The fourth-order valence-electron chi connectivity index (χ4n) is 3.34. The number of para-hydroxylation sites is 2. The number of ether oxygens (including phenoxy) is 1. The van der Waals surface area contributed by atoms with Gasteiger partial charge in [0.1, 0.15) is 5.75 Å². The minimum Gasteiger partial charge on any atom is -0.496 e. The Morgan fingerprint density at radius 1 is 1.30 bits per heavy atom. The van der Waals surface area contributed by atoms with Crippen molar-refractivity contribution >= 4 is 39.2 Å². The van der Waals surface area contributed by atoms with Crippen LogP contribution in [-0.2, 0) is 4.79 Å². The number of carbonyl (C=O) groups excluding carboxylic acids is 1. The van der Waals surface area contributed by atoms with E-state index in [1.807, 2.05) is 47.4 Å². The van der Waals surface area contributed by atoms with Crippen molar-refractivity contribution in [1.82, 2.24) is 15.2 Å². The second-order valence-electron chi connectivity index (χ2n) is 6.29. The van der Waals surface area contributed by atoms with Crippen LogP contribution in [0.15, 0.2) is 52.9 Å². The van der Waals surface area contributed by atoms with Gasteiger partial charge in [-0.05, 0) is 18.2 Å². The first-order valence-corrected chi connectivity index (χ1v) is 10.7. The zero-order valence-electron chi connectivity index (χ0n) is 15.1. The van der Waals surface area contributed by atoms with E-state index < -0.39 is 0 Å². The van der Waals surface area contributed by atoms with Gasteiger partial charge < -0.3 is 15.0 Å². The third-order valence-corrected chi connectivity index (χ3v) is 6.82. The molecule has 0 saturated carbocycles. The molecule has 2 aromatic carbocycles. The van der Waals surface area contributed by atoms with Gasteiger partial charge in [0.15, 0.2) is 4.34 Å². The molecule has 1 saturated heterocycles. The van der Waals surface area contributed by atoms with Crippen LogP contribution in [0.4, 0.5) is 0 Å². The highest BCUT2D eigenvalue weighted by atomic mass is 32.2. The van der Waals surface area contributed by atoms with Crippen LogP contribution in [0.5, 0.6) is 5.75 Å². The third-order valence-electron chi connectivity index (χ3n) is 4.66. The number of carbonyl (C=O) groups is 1. The van der Waals surface area contributed by atoms with E-state index in [4.69, 9.17) is 4.74 Å². The fourth-order valence-corrected chi connectivity index (χ4v) is 5.30. The first-order chi connectivity index (χ1) is 13.3. The molecule has 27 heavy (non-hydrogen) atoms. The summed E-state index contributed by atoms with van der Waals surface area (Å²) >= 11 is 3.16. The summed E-state index contributed by atoms with van der Waals surface area (Å²) in [5, 5.41) is 3.39. The number of aromatic nitrogens is 1. The SMILES string of the molecule is COc1ccccc1C1CNCCN1C(=O)CSc1nc2ccccc2s1. The largest absolute Gasteiger partial charge is 0.496 e. The number of piperazine rings is 1. The Kier molecular flexibility index (Phi) is 5.61. The predicted octanol–water partition coefficient (Wildman–Crippen LogP) is 3.57. The molecular weight excluding hydrogens is 378 g/mol. The smallest absolute Gasteiger partial charge is 0.233 e. The molecule has 1 N–H and O–H groups in total. The van der Waals surface area contributed by atoms with E-state index in [0.717, 1.165) is 39.0 Å². The normalized spacial score (nSPS) is 17.2. The summed E-state index contributed by atoms with van der Waals surface area (Å²) in [5.74, 6) is 1.35. The van der Waals surface area contributed by atoms with Gasteiger partial charge in [0, 0.05) is 25.2 Å². The average Bonchev–Trinajstić information content (AvgIpc) is 3.15. The molecule has 1 aromatic heterocycles. The van der Waals surface area contributed by atoms with Crippen molar-refractivity contribution in [2.45, 2.75) is 10.4 Å². The van der Waals surface area contributed by atoms with Crippen molar-refractivity contribution in [1.29, 1.82) is 0 Å². The molecule has 2 heterocycles. The monoisotopic (exact) mass is 399 g/mol. The summed E-state index contributed by atoms with van der Waals surface area (Å²) in [6, 6.07) is 16.0. The first kappa shape index (κ1) is 18.3. The van der Waals surface area contributed by atoms with Crippen molar-refractivity contribution in [2.75, 3.05) is 32.5 Å². The predicted molar refractivity (Wildman–Crippen MR) is 111 cm³/mol. The molecule has 5 nitrogen and oxygen atoms in total. The lowest BCUT2D eigenvalue weighted by Crippen LogP contribution is -2.49. The van der Waals surface area contributed by atoms with Gasteiger partial charge in [-0.25, -0.2) is 4.98 Å². The molecule has 0 radical (unpaired) electrons. The highest BCUT2D eigenvalue weighted by Gasteiger charge is 2.29. The van der Waals surface area contributed by atoms with Gasteiger partial charge in [-0.15, -0.1) is 11.3 Å². The number of thioether (sulfide) groups is 1. The number of hydrogen-bond donors (Lipinski definition) is 1. The topological polar surface area (TPSA) is 54.5 Å². The molecule has 0 spiro atoms. The van der Waals surface area contributed by atoms with Gasteiger partial charge in [0.25, 0.3) is 0 Å². The number of nitrogens with zero attached hydrogens (tertiary/aromatic N) is 2. The zero-order chi connectivity index (χ0) is 18.6. The number of benzene rings is 2. The zero-order valence-corrected chi connectivity index (χ0v) is 16.7. The van der Waals surface area contributed by atoms with Gasteiger partial charge in [0.05, 0.1) is 29.1 Å². The lowest BCUT2D eigenvalue weighted by molar-refractivity contribution is -0.131. The van der Waals surface area contributed by atoms with E-state index in [9.17, 15) is 4.79 Å². The van der Waals surface area contributed by atoms with Crippen molar-refractivity contribution in [3.63, 3.8) is 0 Å². The van der Waals surface area contributed by atoms with Crippen LogP contribution >= 0.6 is 23.1 Å². The van der Waals surface area contributed by atoms with Crippen LogP contribution in [0, 0.1) is 0 Å². The second kappa shape index (κ2) is 8.29. The summed E-state index contributed by atoms with van der Waals surface area (Å²) in [5.41, 5.74) is 2.04. The molecular formula is C20H21N3O2S2. The molecule has 1 aliphatic heterocycles. The van der Waals surface area contributed by atoms with Gasteiger partial charge >= 0.3 is 0 Å². The van der Waals surface area contributed by atoms with E-state index in [2.05, 4.69) is 16.4 Å². The third kappa shape index (κ3) is 3.95. The van der Waals surface area contributed by atoms with E-state index in [0.29, 0.717) is 12.3 Å². The maximum Gasteiger partial charge on any atom is 0.233 e. The van der Waals surface area contributed by atoms with E-state index in [1.54, 1.807) is 18.4 Å². The van der Waals surface area contributed by atoms with Crippen molar-refractivity contribution in [3.8, 4) is 5.75 Å². The van der Waals surface area contributed by atoms with Crippen LogP contribution < -0.4 is 10.1 Å². The molecule has 4 rings (SSSR count). The Morgan fingerprint density at radius 2 is 2.11 bits per heavy atom. The van der Waals surface area contributed by atoms with Crippen molar-refractivity contribution < 1.29 is 9.53 Å². The maximum atomic E-state index is 13.0. The Hall–Kier alpha value is -2.09. The number of hydrogen-bond acceptors (Lipinski definition) is 6. The standard InChI is InChI=1S/C20H21N3O2S2/c1-25-17-8-4-2-6-14(17)16-12-21-10-11-23(16)19(24)13-26-20-22-15-7-3-5-9-18(15)27-20/h2-9,16,21H,10-13H2,1H3. The van der Waals surface area contributed by atoms with Crippen molar-refractivity contribution in [3.05, 3.63) is 54.1 Å². The molecule has 1 amide bonds. The summed E-state index contributed by atoms with van der Waals surface area (Å²) in [4.78, 5) is 19.6. The van der Waals surface area contributed by atoms with Crippen LogP contribution in [0.25, 0.3) is 10.2 Å². The molecule has 0 bridgehead atoms. The van der Waals surface area contributed by atoms with Crippen LogP contribution in [-0.4, -0.2) is 48.3 Å². The first-order valence-electron chi connectivity index (χ1n) is 8.88. The Bertz CT molecular complexity index is 911. The van der Waals surface area contributed by atoms with Gasteiger partial charge in [-0.2, -0.15) is 0 Å². The summed E-state index contributed by atoms with van der Waals surface area (Å²) in [7, 11) is 1.67. The minimum atomic E-state index is -0.0154. The van der Waals surface area contributed by atoms with Gasteiger partial charge in [-0.1, -0.05) is 42.1 Å². The van der Waals surface area contributed by atoms with Gasteiger partial charge in [0.2, 0.25) is 5.91 Å². The molecule has 1 aliphatic rings. The summed E-state index contributed by atoms with van der Waals surface area (Å²) < 4.78 is 7.60. The lowest BCUT2D eigenvalue weighted by Gasteiger charge is -2.37. The molecule has 1 fully saturated rings. The Morgan fingerprint density at radius 3 is 2.96 bits per heavy atom. The highest BCUT2D eigenvalue weighted by molar-refractivity contribution is 8.01. The van der Waals surface area contributed by atoms with Crippen LogP contribution in [0.2, 0.25) is 0 Å². The Balaban J connectivity index is 1.48. The number of nitrogens with one attached hydrogen (secondary N) is 1. The van der Waals surface area contributed by atoms with Crippen LogP contribution in [0.3, 0.4) is 0 Å². The van der Waals surface area contributed by atoms with Gasteiger partial charge in [-0.3, -0.25) is 4.79 Å². The van der Waals surface area contributed by atoms with Crippen molar-refractivity contribution in [2.24, 2.45) is 0 Å². The average molecular weight is 400 g/mol. The number of rotatable bonds is 5. The molecule has 1 unspecified atom stereocenters. The summed E-state index contributed by atoms with van der Waals surface area (Å²) in [6.07, 6.45) is 0. The molecule has 140 valence electrons. The minimum absolute atomic E-state index is 0.0154. The molecule has 7 heteroatoms. The number of thiazole rings is 1.